The maximum atomic E-state index is 13.7. The number of halogens is 1. The van der Waals surface area contributed by atoms with Crippen LogP contribution in [-0.4, -0.2) is 35.7 Å². The number of hydrogen-bond acceptors (Lipinski definition) is 4. The average molecular weight is 443 g/mol. The van der Waals surface area contributed by atoms with Crippen molar-refractivity contribution in [3.63, 3.8) is 0 Å². The van der Waals surface area contributed by atoms with E-state index < -0.39 is 23.9 Å². The number of amides is 2. The minimum Gasteiger partial charge on any atom is -0.466 e. The van der Waals surface area contributed by atoms with Crippen molar-refractivity contribution in [2.75, 3.05) is 24.3 Å². The summed E-state index contributed by atoms with van der Waals surface area (Å²) in [6, 6.07) is 11.8. The topological polar surface area (TPSA) is 82.7 Å². The molecule has 162 valence electrons. The fourth-order valence-corrected chi connectivity index (χ4v) is 3.78. The molecule has 0 radical (unpaired) electrons. The Balaban J connectivity index is 1.79. The van der Waals surface area contributed by atoms with E-state index in [1.165, 1.54) is 19.2 Å². The van der Waals surface area contributed by atoms with Crippen LogP contribution in [0.5, 0.6) is 0 Å². The van der Waals surface area contributed by atoms with Gasteiger partial charge in [-0.05, 0) is 55.9 Å². The molecular weight excluding hydrogens is 419 g/mol. The van der Waals surface area contributed by atoms with Crippen molar-refractivity contribution in [3.8, 4) is 0 Å². The van der Waals surface area contributed by atoms with Gasteiger partial charge in [-0.3, -0.25) is 0 Å². The second-order valence-corrected chi connectivity index (χ2v) is 7.19. The van der Waals surface area contributed by atoms with Crippen LogP contribution in [0.25, 0.3) is 0 Å². The van der Waals surface area contributed by atoms with Crippen LogP contribution in [0, 0.1) is 5.82 Å². The van der Waals surface area contributed by atoms with E-state index >= 15 is 0 Å². The first-order valence-electron chi connectivity index (χ1n) is 9.65. The molecule has 3 rings (SSSR count). The zero-order chi connectivity index (χ0) is 22.5. The Hall–Kier alpha value is -3.46. The second kappa shape index (κ2) is 9.57. The smallest absolute Gasteiger partial charge is 0.337 e. The predicted octanol–water partition coefficient (Wildman–Crippen LogP) is 4.17. The Bertz CT molecular complexity index is 1040. The van der Waals surface area contributed by atoms with Crippen LogP contribution in [-0.2, 0) is 9.53 Å². The van der Waals surface area contributed by atoms with Gasteiger partial charge < -0.3 is 25.6 Å². The van der Waals surface area contributed by atoms with E-state index in [0.717, 1.165) is 11.3 Å². The minimum atomic E-state index is -0.570. The molecule has 0 fully saturated rings. The van der Waals surface area contributed by atoms with Gasteiger partial charge in [-0.15, -0.1) is 0 Å². The van der Waals surface area contributed by atoms with Crippen molar-refractivity contribution in [3.05, 3.63) is 71.2 Å². The molecule has 0 spiro atoms. The van der Waals surface area contributed by atoms with E-state index in [-0.39, 0.29) is 5.69 Å². The molecule has 1 aliphatic heterocycles. The van der Waals surface area contributed by atoms with Crippen molar-refractivity contribution < 1.29 is 18.7 Å². The Morgan fingerprint density at radius 3 is 2.45 bits per heavy atom. The van der Waals surface area contributed by atoms with Crippen molar-refractivity contribution in [2.24, 2.45) is 0 Å². The van der Waals surface area contributed by atoms with E-state index in [0.29, 0.717) is 22.9 Å². The number of carbonyl (C=O) groups is 2. The van der Waals surface area contributed by atoms with Crippen LogP contribution < -0.4 is 16.0 Å². The first-order valence-corrected chi connectivity index (χ1v) is 10.1. The summed E-state index contributed by atoms with van der Waals surface area (Å²) >= 11 is 5.44. The number of urea groups is 1. The van der Waals surface area contributed by atoms with Crippen molar-refractivity contribution >= 4 is 40.7 Å². The van der Waals surface area contributed by atoms with E-state index in [4.69, 9.17) is 17.0 Å². The molecule has 2 amide bonds. The highest BCUT2D eigenvalue weighted by Gasteiger charge is 2.33. The summed E-state index contributed by atoms with van der Waals surface area (Å²) in [7, 11) is 1.34. The number of allylic oxidation sites excluding steroid dienone is 1. The minimum absolute atomic E-state index is 0.0837. The Morgan fingerprint density at radius 2 is 1.84 bits per heavy atom. The predicted molar refractivity (Wildman–Crippen MR) is 121 cm³/mol. The van der Waals surface area contributed by atoms with Crippen LogP contribution in [0.4, 0.5) is 20.6 Å². The molecule has 3 N–H and O–H groups in total. The van der Waals surface area contributed by atoms with E-state index in [2.05, 4.69) is 16.0 Å². The SMILES string of the molecule is CCN1C(=S)NC(c2ccc(NC(=O)Nc3ccccc3F)cc2)C(C(=O)OC)=C1C. The van der Waals surface area contributed by atoms with Crippen molar-refractivity contribution in [2.45, 2.75) is 19.9 Å². The number of esters is 1. The highest BCUT2D eigenvalue weighted by molar-refractivity contribution is 7.80. The van der Waals surface area contributed by atoms with Gasteiger partial charge in [-0.25, -0.2) is 14.0 Å². The van der Waals surface area contributed by atoms with Gasteiger partial charge in [0.25, 0.3) is 0 Å². The third-order valence-electron chi connectivity index (χ3n) is 4.94. The fourth-order valence-electron chi connectivity index (χ4n) is 3.39. The molecule has 2 aromatic rings. The summed E-state index contributed by atoms with van der Waals surface area (Å²) in [6.07, 6.45) is 0. The Labute approximate surface area is 185 Å². The van der Waals surface area contributed by atoms with E-state index in [9.17, 15) is 14.0 Å². The molecule has 31 heavy (non-hydrogen) atoms. The first-order chi connectivity index (χ1) is 14.8. The maximum absolute atomic E-state index is 13.7. The molecule has 2 aromatic carbocycles. The molecule has 1 aliphatic rings. The Kier molecular flexibility index (Phi) is 6.86. The number of rotatable bonds is 5. The zero-order valence-electron chi connectivity index (χ0n) is 17.4. The molecule has 0 aliphatic carbocycles. The number of hydrogen-bond donors (Lipinski definition) is 3. The van der Waals surface area contributed by atoms with Gasteiger partial charge in [0.05, 0.1) is 24.4 Å². The molecule has 0 saturated carbocycles. The molecule has 1 unspecified atom stereocenters. The number of ether oxygens (including phenoxy) is 1. The standard InChI is InChI=1S/C22H23FN4O3S/c1-4-27-13(2)18(20(28)30-3)19(26-22(27)31)14-9-11-15(12-10-14)24-21(29)25-17-8-6-5-7-16(17)23/h5-12,19H,4H2,1-3H3,(H,26,31)(H2,24,25,29). The number of anilines is 2. The van der Waals surface area contributed by atoms with Crippen LogP contribution in [0.3, 0.4) is 0 Å². The van der Waals surface area contributed by atoms with Gasteiger partial charge in [-0.2, -0.15) is 0 Å². The lowest BCUT2D eigenvalue weighted by molar-refractivity contribution is -0.136. The summed E-state index contributed by atoms with van der Waals surface area (Å²) in [5.41, 5.74) is 2.57. The summed E-state index contributed by atoms with van der Waals surface area (Å²) in [5, 5.41) is 8.82. The third-order valence-corrected chi connectivity index (χ3v) is 5.28. The van der Waals surface area contributed by atoms with Gasteiger partial charge in [0.2, 0.25) is 0 Å². The molecule has 7 nitrogen and oxygen atoms in total. The van der Waals surface area contributed by atoms with Gasteiger partial charge >= 0.3 is 12.0 Å². The number of carbonyl (C=O) groups excluding carboxylic acids is 2. The third kappa shape index (κ3) is 4.83. The monoisotopic (exact) mass is 442 g/mol. The van der Waals surface area contributed by atoms with Crippen LogP contribution >= 0.6 is 12.2 Å². The fraction of sp³-hybridized carbons (Fsp3) is 0.227. The Morgan fingerprint density at radius 1 is 1.16 bits per heavy atom. The first kappa shape index (κ1) is 22.2. The van der Waals surface area contributed by atoms with Gasteiger partial charge in [0.1, 0.15) is 5.82 Å². The number of methoxy groups -OCH3 is 1. The van der Waals surface area contributed by atoms with Crippen molar-refractivity contribution in [1.29, 1.82) is 0 Å². The summed E-state index contributed by atoms with van der Waals surface area (Å²) in [6.45, 7) is 4.39. The molecular formula is C22H23FN4O3S. The summed E-state index contributed by atoms with van der Waals surface area (Å²) < 4.78 is 18.7. The lowest BCUT2D eigenvalue weighted by Gasteiger charge is -2.36. The lowest BCUT2D eigenvalue weighted by Crippen LogP contribution is -2.47. The van der Waals surface area contributed by atoms with Gasteiger partial charge in [0.15, 0.2) is 5.11 Å². The molecule has 0 aromatic heterocycles. The number of para-hydroxylation sites is 1. The largest absolute Gasteiger partial charge is 0.466 e. The highest BCUT2D eigenvalue weighted by atomic mass is 32.1. The lowest BCUT2D eigenvalue weighted by atomic mass is 9.95. The number of nitrogens with one attached hydrogen (secondary N) is 3. The average Bonchev–Trinajstić information content (AvgIpc) is 2.75. The molecule has 9 heteroatoms. The summed E-state index contributed by atoms with van der Waals surface area (Å²) in [4.78, 5) is 26.5. The van der Waals surface area contributed by atoms with Crippen LogP contribution in [0.1, 0.15) is 25.5 Å². The number of nitrogens with zero attached hydrogens (tertiary/aromatic N) is 1. The van der Waals surface area contributed by atoms with Gasteiger partial charge in [-0.1, -0.05) is 24.3 Å². The highest BCUT2D eigenvalue weighted by Crippen LogP contribution is 2.31. The second-order valence-electron chi connectivity index (χ2n) is 6.80. The van der Waals surface area contributed by atoms with E-state index in [1.54, 1.807) is 36.4 Å². The molecule has 1 heterocycles. The van der Waals surface area contributed by atoms with Crippen LogP contribution in [0.15, 0.2) is 59.8 Å². The van der Waals surface area contributed by atoms with E-state index in [1.807, 2.05) is 18.7 Å². The molecule has 0 saturated heterocycles. The maximum Gasteiger partial charge on any atom is 0.337 e. The number of benzene rings is 2. The quantitative estimate of drug-likeness (QED) is 0.476. The summed E-state index contributed by atoms with van der Waals surface area (Å²) in [5.74, 6) is -0.964. The zero-order valence-corrected chi connectivity index (χ0v) is 18.2. The van der Waals surface area contributed by atoms with Crippen molar-refractivity contribution in [1.82, 2.24) is 10.2 Å². The number of thiocarbonyl (C=S) groups is 1. The normalized spacial score (nSPS) is 15.9. The molecule has 1 atom stereocenters. The van der Waals surface area contributed by atoms with Crippen LogP contribution in [0.2, 0.25) is 0 Å². The molecule has 0 bridgehead atoms. The van der Waals surface area contributed by atoms with Gasteiger partial charge in [0, 0.05) is 17.9 Å².